The molecule has 4 fully saturated rings. The first kappa shape index (κ1) is 10.1. The molecule has 2 N–H and O–H groups in total. The summed E-state index contributed by atoms with van der Waals surface area (Å²) in [5.74, 6) is 1.67. The van der Waals surface area contributed by atoms with Gasteiger partial charge < -0.3 is 15.2 Å². The molecule has 4 bridgehead atoms. The van der Waals surface area contributed by atoms with Crippen molar-refractivity contribution in [3.05, 3.63) is 0 Å². The Balaban J connectivity index is 2.02. The molecule has 2 atom stereocenters. The van der Waals surface area contributed by atoms with Crippen molar-refractivity contribution >= 4 is 0 Å². The van der Waals surface area contributed by atoms with Crippen LogP contribution in [0.25, 0.3) is 0 Å². The Morgan fingerprint density at radius 3 is 1.93 bits per heavy atom. The molecule has 0 aromatic rings. The fourth-order valence-electron chi connectivity index (χ4n) is 4.84. The third-order valence-corrected chi connectivity index (χ3v) is 5.05. The van der Waals surface area contributed by atoms with E-state index in [0.29, 0.717) is 5.92 Å². The summed E-state index contributed by atoms with van der Waals surface area (Å²) in [5, 5.41) is 0. The minimum atomic E-state index is -0.500. The Hall–Kier alpha value is -0.120. The van der Waals surface area contributed by atoms with Crippen molar-refractivity contribution < 1.29 is 9.47 Å². The molecule has 3 nitrogen and oxygen atoms in total. The molecule has 0 aromatic carbocycles. The van der Waals surface area contributed by atoms with E-state index in [1.165, 1.54) is 19.3 Å². The zero-order valence-corrected chi connectivity index (χ0v) is 9.66. The van der Waals surface area contributed by atoms with Crippen molar-refractivity contribution in [2.75, 3.05) is 14.2 Å². The standard InChI is InChI=1S/C12H21NO2/c1-14-12(15-2)10-4-8-3-9(5-10)7-11(12,13)6-8/h8-10H,3-7,13H2,1-2H3. The molecule has 0 saturated heterocycles. The molecule has 0 spiro atoms. The number of hydrogen-bond donors (Lipinski definition) is 1. The third kappa shape index (κ3) is 1.07. The van der Waals surface area contributed by atoms with E-state index in [1.807, 2.05) is 0 Å². The van der Waals surface area contributed by atoms with Gasteiger partial charge in [0.1, 0.15) is 0 Å². The highest BCUT2D eigenvalue weighted by molar-refractivity contribution is 5.15. The Kier molecular flexibility index (Phi) is 1.99. The number of ether oxygens (including phenoxy) is 2. The predicted octanol–water partition coefficient (Wildman–Crippen LogP) is 1.51. The molecule has 3 heteroatoms. The normalized spacial score (nSPS) is 51.0. The van der Waals surface area contributed by atoms with E-state index in [2.05, 4.69) is 0 Å². The van der Waals surface area contributed by atoms with E-state index in [9.17, 15) is 0 Å². The van der Waals surface area contributed by atoms with E-state index in [1.54, 1.807) is 14.2 Å². The van der Waals surface area contributed by atoms with Crippen LogP contribution < -0.4 is 5.73 Å². The molecule has 15 heavy (non-hydrogen) atoms. The van der Waals surface area contributed by atoms with Crippen LogP contribution in [-0.4, -0.2) is 25.5 Å². The van der Waals surface area contributed by atoms with Gasteiger partial charge in [0.15, 0.2) is 5.79 Å². The lowest BCUT2D eigenvalue weighted by Crippen LogP contribution is -2.74. The van der Waals surface area contributed by atoms with Crippen LogP contribution in [0.15, 0.2) is 0 Å². The molecule has 2 unspecified atom stereocenters. The second kappa shape index (κ2) is 2.96. The maximum absolute atomic E-state index is 6.57. The molecule has 0 aromatic heterocycles. The van der Waals surface area contributed by atoms with Gasteiger partial charge >= 0.3 is 0 Å². The first-order valence-electron chi connectivity index (χ1n) is 6.03. The third-order valence-electron chi connectivity index (χ3n) is 5.05. The summed E-state index contributed by atoms with van der Waals surface area (Å²) >= 11 is 0. The molecular formula is C12H21NO2. The maximum Gasteiger partial charge on any atom is 0.188 e. The largest absolute Gasteiger partial charge is 0.351 e. The SMILES string of the molecule is COC1(OC)C2CC3CC(C2)CC1(N)C3. The van der Waals surface area contributed by atoms with Crippen LogP contribution in [0.3, 0.4) is 0 Å². The minimum Gasteiger partial charge on any atom is -0.351 e. The second-order valence-electron chi connectivity index (χ2n) is 5.78. The van der Waals surface area contributed by atoms with Gasteiger partial charge in [0.25, 0.3) is 0 Å². The highest BCUT2D eigenvalue weighted by Crippen LogP contribution is 2.60. The minimum absolute atomic E-state index is 0.231. The van der Waals surface area contributed by atoms with Crippen molar-refractivity contribution in [3.8, 4) is 0 Å². The molecule has 0 radical (unpaired) electrons. The lowest BCUT2D eigenvalue weighted by Gasteiger charge is -2.64. The lowest BCUT2D eigenvalue weighted by atomic mass is 9.50. The molecule has 4 aliphatic rings. The topological polar surface area (TPSA) is 44.5 Å². The number of methoxy groups -OCH3 is 2. The first-order valence-corrected chi connectivity index (χ1v) is 6.03. The van der Waals surface area contributed by atoms with Crippen molar-refractivity contribution in [2.24, 2.45) is 23.5 Å². The molecule has 0 heterocycles. The van der Waals surface area contributed by atoms with Crippen LogP contribution in [-0.2, 0) is 9.47 Å². The number of nitrogens with two attached hydrogens (primary N) is 1. The van der Waals surface area contributed by atoms with Crippen LogP contribution >= 0.6 is 0 Å². The number of hydrogen-bond acceptors (Lipinski definition) is 3. The van der Waals surface area contributed by atoms with E-state index >= 15 is 0 Å². The van der Waals surface area contributed by atoms with Crippen LogP contribution in [0.2, 0.25) is 0 Å². The highest BCUT2D eigenvalue weighted by Gasteiger charge is 2.65. The van der Waals surface area contributed by atoms with Gasteiger partial charge in [-0.15, -0.1) is 0 Å². The maximum atomic E-state index is 6.57. The summed E-state index contributed by atoms with van der Waals surface area (Å²) in [6.07, 6.45) is 6.05. The van der Waals surface area contributed by atoms with Gasteiger partial charge in [-0.3, -0.25) is 0 Å². The second-order valence-corrected chi connectivity index (χ2v) is 5.78. The molecule has 86 valence electrons. The molecule has 0 aliphatic heterocycles. The summed E-state index contributed by atoms with van der Waals surface area (Å²) in [5.41, 5.74) is 6.34. The van der Waals surface area contributed by atoms with Gasteiger partial charge in [0.05, 0.1) is 5.54 Å². The Morgan fingerprint density at radius 2 is 1.53 bits per heavy atom. The van der Waals surface area contributed by atoms with E-state index in [4.69, 9.17) is 15.2 Å². The summed E-state index contributed by atoms with van der Waals surface area (Å²) in [7, 11) is 3.50. The van der Waals surface area contributed by atoms with Gasteiger partial charge in [0, 0.05) is 20.1 Å². The monoisotopic (exact) mass is 211 g/mol. The first-order chi connectivity index (χ1) is 7.13. The van der Waals surface area contributed by atoms with Crippen molar-refractivity contribution in [1.29, 1.82) is 0 Å². The molecule has 0 amide bonds. The van der Waals surface area contributed by atoms with E-state index < -0.39 is 5.79 Å². The summed E-state index contributed by atoms with van der Waals surface area (Å²) in [6.45, 7) is 0. The summed E-state index contributed by atoms with van der Waals surface area (Å²) < 4.78 is 11.4. The van der Waals surface area contributed by atoms with Crippen LogP contribution in [0, 0.1) is 17.8 Å². The Morgan fingerprint density at radius 1 is 1.00 bits per heavy atom. The van der Waals surface area contributed by atoms with Crippen LogP contribution in [0.1, 0.15) is 32.1 Å². The van der Waals surface area contributed by atoms with E-state index in [-0.39, 0.29) is 5.54 Å². The Bertz CT molecular complexity index is 261. The summed E-state index contributed by atoms with van der Waals surface area (Å²) in [6, 6.07) is 0. The molecule has 4 aliphatic carbocycles. The van der Waals surface area contributed by atoms with Gasteiger partial charge in [-0.25, -0.2) is 0 Å². The molecular weight excluding hydrogens is 190 g/mol. The average Bonchev–Trinajstić information content (AvgIpc) is 2.16. The van der Waals surface area contributed by atoms with Crippen LogP contribution in [0.4, 0.5) is 0 Å². The fraction of sp³-hybridized carbons (Fsp3) is 1.00. The molecule has 4 rings (SSSR count). The van der Waals surface area contributed by atoms with Gasteiger partial charge in [-0.1, -0.05) is 0 Å². The Labute approximate surface area is 91.3 Å². The highest BCUT2D eigenvalue weighted by atomic mass is 16.7. The fourth-order valence-corrected chi connectivity index (χ4v) is 4.84. The number of rotatable bonds is 2. The molecule has 4 saturated carbocycles. The average molecular weight is 211 g/mol. The predicted molar refractivity (Wildman–Crippen MR) is 57.2 cm³/mol. The van der Waals surface area contributed by atoms with Crippen molar-refractivity contribution in [2.45, 2.75) is 43.4 Å². The van der Waals surface area contributed by atoms with Crippen molar-refractivity contribution in [3.63, 3.8) is 0 Å². The van der Waals surface area contributed by atoms with Gasteiger partial charge in [0.2, 0.25) is 0 Å². The van der Waals surface area contributed by atoms with Crippen LogP contribution in [0.5, 0.6) is 0 Å². The smallest absolute Gasteiger partial charge is 0.188 e. The zero-order chi connectivity index (χ0) is 10.7. The quantitative estimate of drug-likeness (QED) is 0.704. The zero-order valence-electron chi connectivity index (χ0n) is 9.66. The lowest BCUT2D eigenvalue weighted by molar-refractivity contribution is -0.326. The van der Waals surface area contributed by atoms with Gasteiger partial charge in [-0.2, -0.15) is 0 Å². The summed E-state index contributed by atoms with van der Waals surface area (Å²) in [4.78, 5) is 0. The van der Waals surface area contributed by atoms with E-state index in [0.717, 1.165) is 24.7 Å². The van der Waals surface area contributed by atoms with Crippen molar-refractivity contribution in [1.82, 2.24) is 0 Å². The van der Waals surface area contributed by atoms with Gasteiger partial charge in [-0.05, 0) is 43.9 Å².